The molecule has 1 saturated heterocycles. The highest BCUT2D eigenvalue weighted by atomic mass is 19.3. The van der Waals surface area contributed by atoms with Crippen molar-refractivity contribution in [3.63, 3.8) is 0 Å². The number of ether oxygens (including phenoxy) is 4. The number of fused-ring (bicyclic) bond motifs is 1. The number of carbonyl (C=O) groups is 2. The highest BCUT2D eigenvalue weighted by molar-refractivity contribution is 5.95. The minimum atomic E-state index is -3.50. The summed E-state index contributed by atoms with van der Waals surface area (Å²) in [6.45, 7) is 7.71. The van der Waals surface area contributed by atoms with Gasteiger partial charge in [0.05, 0.1) is 37.0 Å². The highest BCUT2D eigenvalue weighted by Crippen LogP contribution is 2.49. The maximum absolute atomic E-state index is 17.1. The van der Waals surface area contributed by atoms with E-state index in [1.165, 1.54) is 42.0 Å². The van der Waals surface area contributed by atoms with Gasteiger partial charge in [-0.1, -0.05) is 12.1 Å². The zero-order valence-corrected chi connectivity index (χ0v) is 25.6. The third kappa shape index (κ3) is 6.40. The van der Waals surface area contributed by atoms with E-state index in [0.29, 0.717) is 47.6 Å². The first-order valence-electron chi connectivity index (χ1n) is 14.7. The second-order valence-corrected chi connectivity index (χ2v) is 12.5. The van der Waals surface area contributed by atoms with Crippen molar-refractivity contribution in [3.05, 3.63) is 64.8 Å². The van der Waals surface area contributed by atoms with Crippen LogP contribution in [0.25, 0.3) is 10.9 Å². The number of rotatable bonds is 8. The van der Waals surface area contributed by atoms with E-state index in [4.69, 9.17) is 18.9 Å². The summed E-state index contributed by atoms with van der Waals surface area (Å²) < 4.78 is 57.5. The highest BCUT2D eigenvalue weighted by Gasteiger charge is 2.49. The molecule has 2 heterocycles. The molecule has 1 saturated carbocycles. The van der Waals surface area contributed by atoms with Crippen molar-refractivity contribution in [2.75, 3.05) is 27.4 Å². The van der Waals surface area contributed by atoms with E-state index in [9.17, 15) is 9.59 Å². The topological polar surface area (TPSA) is 79.2 Å². The van der Waals surface area contributed by atoms with Crippen LogP contribution in [0, 0.1) is 12.8 Å². The smallest absolute Gasteiger partial charge is 0.419 e. The number of nitrogens with zero attached hydrogens (tertiary/aromatic N) is 2. The van der Waals surface area contributed by atoms with E-state index in [1.54, 1.807) is 52.0 Å². The van der Waals surface area contributed by atoms with Crippen LogP contribution >= 0.6 is 0 Å². The molecule has 5 rings (SSSR count). The second kappa shape index (κ2) is 11.9. The minimum absolute atomic E-state index is 0.0313. The van der Waals surface area contributed by atoms with E-state index in [1.807, 2.05) is 0 Å². The van der Waals surface area contributed by atoms with Crippen LogP contribution in [0.1, 0.15) is 79.5 Å². The molecular formula is C33H40F2N2O6. The van der Waals surface area contributed by atoms with Gasteiger partial charge in [-0.15, -0.1) is 0 Å². The monoisotopic (exact) mass is 598 g/mol. The molecule has 2 atom stereocenters. The predicted octanol–water partition coefficient (Wildman–Crippen LogP) is 7.21. The van der Waals surface area contributed by atoms with Gasteiger partial charge in [-0.3, -0.25) is 4.57 Å². The van der Waals surface area contributed by atoms with Gasteiger partial charge in [0.25, 0.3) is 0 Å². The Morgan fingerprint density at radius 1 is 1.02 bits per heavy atom. The normalized spacial score (nSPS) is 19.8. The molecule has 10 heteroatoms. The van der Waals surface area contributed by atoms with Gasteiger partial charge >= 0.3 is 18.1 Å². The Hall–Kier alpha value is -3.50. The Balaban J connectivity index is 1.57. The third-order valence-corrected chi connectivity index (χ3v) is 8.13. The van der Waals surface area contributed by atoms with Gasteiger partial charge in [0.1, 0.15) is 11.4 Å². The first-order valence-corrected chi connectivity index (χ1v) is 14.7. The lowest BCUT2D eigenvalue weighted by atomic mass is 9.90. The maximum atomic E-state index is 17.1. The summed E-state index contributed by atoms with van der Waals surface area (Å²) in [5.74, 6) is 0.0875. The molecule has 0 radical (unpaired) electrons. The number of aryl methyl sites for hydroxylation is 1. The summed E-state index contributed by atoms with van der Waals surface area (Å²) in [6.07, 6.45) is 3.72. The fraction of sp³-hybridized carbons (Fsp3) is 0.515. The van der Waals surface area contributed by atoms with Crippen molar-refractivity contribution in [1.82, 2.24) is 9.47 Å². The molecule has 0 unspecified atom stereocenters. The Bertz CT molecular complexity index is 1490. The fourth-order valence-electron chi connectivity index (χ4n) is 5.84. The Morgan fingerprint density at radius 3 is 2.33 bits per heavy atom. The van der Waals surface area contributed by atoms with Crippen LogP contribution in [-0.2, 0) is 20.3 Å². The number of hydrogen-bond acceptors (Lipinski definition) is 7. The van der Waals surface area contributed by atoms with E-state index < -0.39 is 29.8 Å². The van der Waals surface area contributed by atoms with Crippen molar-refractivity contribution < 1.29 is 37.3 Å². The van der Waals surface area contributed by atoms with Gasteiger partial charge in [-0.25, -0.2) is 14.5 Å². The zero-order valence-electron chi connectivity index (χ0n) is 25.6. The number of esters is 1. The SMILES string of the molecule is COC(=O)c1ccc([C@H]2C[C@H](OCC3CC3)CCN2C(F)(F)c2c(OC)cc(C)c3c2ccn3C(=O)OC(C)(C)C)cc1. The number of benzene rings is 2. The van der Waals surface area contributed by atoms with Crippen LogP contribution < -0.4 is 4.74 Å². The fourth-order valence-corrected chi connectivity index (χ4v) is 5.84. The largest absolute Gasteiger partial charge is 0.496 e. The van der Waals surface area contributed by atoms with Gasteiger partial charge in [0.2, 0.25) is 0 Å². The van der Waals surface area contributed by atoms with E-state index in [0.717, 1.165) is 12.8 Å². The molecule has 0 N–H and O–H groups in total. The van der Waals surface area contributed by atoms with Crippen LogP contribution in [0.3, 0.4) is 0 Å². The minimum Gasteiger partial charge on any atom is -0.496 e. The molecule has 2 aromatic carbocycles. The number of aromatic nitrogens is 1. The maximum Gasteiger partial charge on any atom is 0.419 e. The molecule has 0 amide bonds. The van der Waals surface area contributed by atoms with Crippen LogP contribution in [0.4, 0.5) is 13.6 Å². The molecule has 3 aromatic rings. The predicted molar refractivity (Wildman–Crippen MR) is 158 cm³/mol. The molecule has 232 valence electrons. The molecule has 8 nitrogen and oxygen atoms in total. The molecule has 0 bridgehead atoms. The Labute approximate surface area is 250 Å². The number of likely N-dealkylation sites (tertiary alicyclic amines) is 1. The molecule has 1 aromatic heterocycles. The molecule has 43 heavy (non-hydrogen) atoms. The lowest BCUT2D eigenvalue weighted by molar-refractivity contribution is -0.196. The number of carbonyl (C=O) groups excluding carboxylic acids is 2. The average Bonchev–Trinajstić information content (AvgIpc) is 3.69. The quantitative estimate of drug-likeness (QED) is 0.200. The first-order chi connectivity index (χ1) is 20.3. The van der Waals surface area contributed by atoms with Gasteiger partial charge in [0.15, 0.2) is 0 Å². The molecule has 2 aliphatic rings. The number of hydrogen-bond donors (Lipinski definition) is 0. The van der Waals surface area contributed by atoms with Crippen molar-refractivity contribution in [3.8, 4) is 5.75 Å². The summed E-state index contributed by atoms with van der Waals surface area (Å²) >= 11 is 0. The standard InChI is InChI=1S/C33H40F2N2O6/c1-20-17-27(40-5)28(25-14-15-36(29(20)25)31(39)43-32(2,3)4)33(34,35)37-16-13-24(42-19-21-7-8-21)18-26(37)22-9-11-23(12-10-22)30(38)41-6/h9-12,14-15,17,21,24,26H,7-8,13,16,18-19H2,1-6H3/t24-,26-/m1/s1. The molecule has 0 spiro atoms. The molecule has 1 aliphatic carbocycles. The summed E-state index contributed by atoms with van der Waals surface area (Å²) in [7, 11) is 2.67. The molecule has 1 aliphatic heterocycles. The second-order valence-electron chi connectivity index (χ2n) is 12.5. The summed E-state index contributed by atoms with van der Waals surface area (Å²) in [5.41, 5.74) is 0.846. The average molecular weight is 599 g/mol. The van der Waals surface area contributed by atoms with Gasteiger partial charge in [-0.2, -0.15) is 8.78 Å². The van der Waals surface area contributed by atoms with Crippen LogP contribution in [-0.4, -0.2) is 60.6 Å². The van der Waals surface area contributed by atoms with Crippen LogP contribution in [0.2, 0.25) is 0 Å². The lowest BCUT2D eigenvalue weighted by Gasteiger charge is -2.44. The third-order valence-electron chi connectivity index (χ3n) is 8.13. The molecular weight excluding hydrogens is 558 g/mol. The van der Waals surface area contributed by atoms with Crippen molar-refractivity contribution in [1.29, 1.82) is 0 Å². The first kappa shape index (κ1) is 30.9. The van der Waals surface area contributed by atoms with Gasteiger partial charge < -0.3 is 18.9 Å². The summed E-state index contributed by atoms with van der Waals surface area (Å²) in [4.78, 5) is 26.3. The Kier molecular flexibility index (Phi) is 8.55. The van der Waals surface area contributed by atoms with Gasteiger partial charge in [-0.05, 0) is 94.7 Å². The van der Waals surface area contributed by atoms with E-state index in [2.05, 4.69) is 0 Å². The number of methoxy groups -OCH3 is 2. The number of halogens is 2. The van der Waals surface area contributed by atoms with Crippen LogP contribution in [0.15, 0.2) is 42.6 Å². The lowest BCUT2D eigenvalue weighted by Crippen LogP contribution is -2.48. The van der Waals surface area contributed by atoms with Crippen molar-refractivity contribution in [2.45, 2.75) is 77.2 Å². The van der Waals surface area contributed by atoms with E-state index in [-0.39, 0.29) is 29.3 Å². The zero-order chi connectivity index (χ0) is 31.1. The van der Waals surface area contributed by atoms with Gasteiger partial charge in [0, 0.05) is 30.8 Å². The number of piperidine rings is 1. The summed E-state index contributed by atoms with van der Waals surface area (Å²) in [5, 5.41) is 0.208. The Morgan fingerprint density at radius 2 is 1.72 bits per heavy atom. The van der Waals surface area contributed by atoms with E-state index >= 15 is 8.78 Å². The van der Waals surface area contributed by atoms with Crippen LogP contribution in [0.5, 0.6) is 5.75 Å². The van der Waals surface area contributed by atoms with Crippen molar-refractivity contribution >= 4 is 23.0 Å². The van der Waals surface area contributed by atoms with Crippen molar-refractivity contribution in [2.24, 2.45) is 5.92 Å². The number of alkyl halides is 2. The summed E-state index contributed by atoms with van der Waals surface area (Å²) in [6, 6.07) is 5.43. The molecule has 2 fully saturated rings.